The molecule has 0 spiro atoms. The van der Waals surface area contributed by atoms with Crippen LogP contribution in [0.1, 0.15) is 19.3 Å². The van der Waals surface area contributed by atoms with E-state index in [1.54, 1.807) is 0 Å². The summed E-state index contributed by atoms with van der Waals surface area (Å²) >= 11 is 17.4. The fraction of sp³-hybridized carbons (Fsp3) is 0.500. The highest BCUT2D eigenvalue weighted by Crippen LogP contribution is 2.46. The molecule has 1 aliphatic rings. The molecule has 0 amide bonds. The minimum absolute atomic E-state index is 0.511. The first-order valence-electron chi connectivity index (χ1n) is 5.29. The summed E-state index contributed by atoms with van der Waals surface area (Å²) in [4.78, 5) is 1.21. The van der Waals surface area contributed by atoms with Crippen molar-refractivity contribution in [2.24, 2.45) is 5.41 Å². The van der Waals surface area contributed by atoms with Crippen LogP contribution < -0.4 is 0 Å². The first-order chi connectivity index (χ1) is 7.65. The van der Waals surface area contributed by atoms with Gasteiger partial charge in [0.05, 0.1) is 10.0 Å². The molecule has 88 valence electrons. The zero-order valence-electron chi connectivity index (χ0n) is 8.81. The predicted octanol–water partition coefficient (Wildman–Crippen LogP) is 5.65. The molecule has 0 N–H and O–H groups in total. The molecule has 1 aromatic carbocycles. The van der Waals surface area contributed by atoms with E-state index < -0.39 is 0 Å². The van der Waals surface area contributed by atoms with E-state index in [4.69, 9.17) is 23.2 Å². The lowest BCUT2D eigenvalue weighted by Gasteiger charge is -2.40. The molecule has 0 bridgehead atoms. The first-order valence-corrected chi connectivity index (χ1v) is 8.15. The van der Waals surface area contributed by atoms with Gasteiger partial charge in [0, 0.05) is 16.0 Å². The number of thioether (sulfide) groups is 1. The maximum absolute atomic E-state index is 5.99. The van der Waals surface area contributed by atoms with Crippen molar-refractivity contribution in [2.45, 2.75) is 24.2 Å². The van der Waals surface area contributed by atoms with E-state index in [-0.39, 0.29) is 0 Å². The third kappa shape index (κ3) is 2.90. The molecular formula is C12H13BrCl2S. The van der Waals surface area contributed by atoms with Crippen molar-refractivity contribution in [2.75, 3.05) is 11.1 Å². The summed E-state index contributed by atoms with van der Waals surface area (Å²) in [5.74, 6) is 1.16. The Morgan fingerprint density at radius 3 is 2.50 bits per heavy atom. The van der Waals surface area contributed by atoms with Crippen molar-refractivity contribution in [3.8, 4) is 0 Å². The van der Waals surface area contributed by atoms with Crippen LogP contribution >= 0.6 is 50.9 Å². The average molecular weight is 340 g/mol. The second kappa shape index (κ2) is 5.51. The number of alkyl halides is 1. The molecule has 1 aromatic rings. The summed E-state index contributed by atoms with van der Waals surface area (Å²) in [5, 5.41) is 2.38. The molecule has 1 aliphatic carbocycles. The summed E-state index contributed by atoms with van der Waals surface area (Å²) in [5.41, 5.74) is 0.511. The smallest absolute Gasteiger partial charge is 0.0603 e. The van der Waals surface area contributed by atoms with Crippen molar-refractivity contribution in [1.29, 1.82) is 0 Å². The van der Waals surface area contributed by atoms with E-state index >= 15 is 0 Å². The van der Waals surface area contributed by atoms with Crippen LogP contribution in [0.3, 0.4) is 0 Å². The number of benzene rings is 1. The standard InChI is InChI=1S/C12H13BrCl2S/c13-7-12(4-1-5-12)8-16-9-2-3-10(14)11(15)6-9/h2-3,6H,1,4-5,7-8H2. The van der Waals surface area contributed by atoms with Crippen LogP contribution in [0.5, 0.6) is 0 Å². The molecule has 4 heteroatoms. The summed E-state index contributed by atoms with van der Waals surface area (Å²) in [7, 11) is 0. The van der Waals surface area contributed by atoms with Crippen molar-refractivity contribution >= 4 is 50.9 Å². The van der Waals surface area contributed by atoms with E-state index in [1.165, 1.54) is 24.2 Å². The minimum atomic E-state index is 0.511. The van der Waals surface area contributed by atoms with Gasteiger partial charge in [-0.1, -0.05) is 45.6 Å². The molecule has 0 saturated heterocycles. The molecule has 1 saturated carbocycles. The van der Waals surface area contributed by atoms with Crippen LogP contribution in [0.15, 0.2) is 23.1 Å². The van der Waals surface area contributed by atoms with E-state index in [1.807, 2.05) is 30.0 Å². The molecule has 0 radical (unpaired) electrons. The van der Waals surface area contributed by atoms with Crippen LogP contribution in [-0.4, -0.2) is 11.1 Å². The summed E-state index contributed by atoms with van der Waals surface area (Å²) in [6.07, 6.45) is 4.05. The highest BCUT2D eigenvalue weighted by Gasteiger charge is 2.35. The topological polar surface area (TPSA) is 0 Å². The van der Waals surface area contributed by atoms with E-state index in [0.29, 0.717) is 15.5 Å². The van der Waals surface area contributed by atoms with E-state index in [2.05, 4.69) is 15.9 Å². The first kappa shape index (κ1) is 13.1. The Balaban J connectivity index is 1.96. The zero-order chi connectivity index (χ0) is 11.6. The van der Waals surface area contributed by atoms with Gasteiger partial charge in [-0.2, -0.15) is 0 Å². The van der Waals surface area contributed by atoms with Gasteiger partial charge in [0.15, 0.2) is 0 Å². The van der Waals surface area contributed by atoms with Crippen LogP contribution in [0, 0.1) is 5.41 Å². The van der Waals surface area contributed by atoms with E-state index in [0.717, 1.165) is 11.1 Å². The van der Waals surface area contributed by atoms with Gasteiger partial charge in [-0.25, -0.2) is 0 Å². The van der Waals surface area contributed by atoms with Gasteiger partial charge in [-0.15, -0.1) is 11.8 Å². The molecule has 0 heterocycles. The van der Waals surface area contributed by atoms with Gasteiger partial charge in [0.1, 0.15) is 0 Å². The summed E-state index contributed by atoms with van der Waals surface area (Å²) in [6.45, 7) is 0. The molecule has 0 nitrogen and oxygen atoms in total. The highest BCUT2D eigenvalue weighted by molar-refractivity contribution is 9.09. The minimum Gasteiger partial charge on any atom is -0.126 e. The fourth-order valence-electron chi connectivity index (χ4n) is 1.80. The number of rotatable bonds is 4. The highest BCUT2D eigenvalue weighted by atomic mass is 79.9. The number of hydrogen-bond acceptors (Lipinski definition) is 1. The lowest BCUT2D eigenvalue weighted by Crippen LogP contribution is -2.33. The Labute approximate surface area is 119 Å². The Bertz CT molecular complexity index is 372. The van der Waals surface area contributed by atoms with Gasteiger partial charge in [0.25, 0.3) is 0 Å². The monoisotopic (exact) mass is 338 g/mol. The van der Waals surface area contributed by atoms with Gasteiger partial charge >= 0.3 is 0 Å². The molecule has 0 unspecified atom stereocenters. The van der Waals surface area contributed by atoms with Crippen molar-refractivity contribution in [3.05, 3.63) is 28.2 Å². The van der Waals surface area contributed by atoms with Gasteiger partial charge in [0.2, 0.25) is 0 Å². The molecular weight excluding hydrogens is 327 g/mol. The maximum atomic E-state index is 5.99. The molecule has 1 fully saturated rings. The molecule has 0 aliphatic heterocycles. The van der Waals surface area contributed by atoms with Gasteiger partial charge in [-0.05, 0) is 36.5 Å². The Hall–Kier alpha value is 0.630. The normalized spacial score (nSPS) is 18.2. The third-order valence-corrected chi connectivity index (χ3v) is 6.41. The third-order valence-electron chi connectivity index (χ3n) is 3.13. The Morgan fingerprint density at radius 2 is 2.00 bits per heavy atom. The Kier molecular flexibility index (Phi) is 4.51. The number of hydrogen-bond donors (Lipinski definition) is 0. The number of halogens is 3. The van der Waals surface area contributed by atoms with Crippen molar-refractivity contribution in [1.82, 2.24) is 0 Å². The largest absolute Gasteiger partial charge is 0.126 e. The van der Waals surface area contributed by atoms with Crippen molar-refractivity contribution in [3.63, 3.8) is 0 Å². The van der Waals surface area contributed by atoms with Crippen molar-refractivity contribution < 1.29 is 0 Å². The summed E-state index contributed by atoms with van der Waals surface area (Å²) < 4.78 is 0. The van der Waals surface area contributed by atoms with Crippen LogP contribution in [0.25, 0.3) is 0 Å². The van der Waals surface area contributed by atoms with Gasteiger partial charge in [-0.3, -0.25) is 0 Å². The van der Waals surface area contributed by atoms with Gasteiger partial charge < -0.3 is 0 Å². The predicted molar refractivity (Wildman–Crippen MR) is 77.3 cm³/mol. The average Bonchev–Trinajstić information content (AvgIpc) is 2.22. The summed E-state index contributed by atoms with van der Waals surface area (Å²) in [6, 6.07) is 5.86. The quantitative estimate of drug-likeness (QED) is 0.504. The SMILES string of the molecule is Clc1ccc(SCC2(CBr)CCC2)cc1Cl. The van der Waals surface area contributed by atoms with Crippen LogP contribution in [0.4, 0.5) is 0 Å². The lowest BCUT2D eigenvalue weighted by molar-refractivity contribution is 0.206. The molecule has 16 heavy (non-hydrogen) atoms. The second-order valence-corrected chi connectivity index (χ2v) is 6.78. The fourth-order valence-corrected chi connectivity index (χ4v) is 4.41. The molecule has 0 aromatic heterocycles. The van der Waals surface area contributed by atoms with E-state index in [9.17, 15) is 0 Å². The molecule has 0 atom stereocenters. The molecule has 2 rings (SSSR count). The lowest BCUT2D eigenvalue weighted by atomic mass is 9.72. The zero-order valence-corrected chi connectivity index (χ0v) is 12.7. The van der Waals surface area contributed by atoms with Crippen LogP contribution in [0.2, 0.25) is 10.0 Å². The Morgan fingerprint density at radius 1 is 1.25 bits per heavy atom. The second-order valence-electron chi connectivity index (χ2n) is 4.35. The van der Waals surface area contributed by atoms with Crippen LogP contribution in [-0.2, 0) is 0 Å². The maximum Gasteiger partial charge on any atom is 0.0603 e.